The molecule has 0 radical (unpaired) electrons. The summed E-state index contributed by atoms with van der Waals surface area (Å²) in [4.78, 5) is 21.8. The van der Waals surface area contributed by atoms with Crippen LogP contribution in [0.15, 0.2) is 52.9 Å². The molecular formula is C18H15N3O6. The molecule has 2 aromatic carbocycles. The normalized spacial score (nSPS) is 10.4. The number of nitro groups is 1. The highest BCUT2D eigenvalue weighted by atomic mass is 16.6. The van der Waals surface area contributed by atoms with Crippen molar-refractivity contribution in [3.05, 3.63) is 70.1 Å². The van der Waals surface area contributed by atoms with Crippen molar-refractivity contribution < 1.29 is 23.6 Å². The monoisotopic (exact) mass is 369 g/mol. The molecule has 1 aromatic heterocycles. The van der Waals surface area contributed by atoms with Gasteiger partial charge < -0.3 is 13.9 Å². The number of hydrogen-bond donors (Lipinski definition) is 0. The van der Waals surface area contributed by atoms with Gasteiger partial charge in [0.2, 0.25) is 5.89 Å². The van der Waals surface area contributed by atoms with Gasteiger partial charge in [-0.15, -0.1) is 10.2 Å². The van der Waals surface area contributed by atoms with Gasteiger partial charge >= 0.3 is 5.97 Å². The lowest BCUT2D eigenvalue weighted by Gasteiger charge is -2.05. The fraction of sp³-hybridized carbons (Fsp3) is 0.167. The van der Waals surface area contributed by atoms with Crippen molar-refractivity contribution in [1.82, 2.24) is 10.2 Å². The number of esters is 1. The van der Waals surface area contributed by atoms with Crippen molar-refractivity contribution in [2.45, 2.75) is 13.5 Å². The molecule has 0 aliphatic heterocycles. The van der Waals surface area contributed by atoms with Crippen molar-refractivity contribution in [2.75, 3.05) is 6.61 Å². The highest BCUT2D eigenvalue weighted by Gasteiger charge is 2.12. The molecule has 0 spiro atoms. The van der Waals surface area contributed by atoms with Crippen LogP contribution in [0.3, 0.4) is 0 Å². The van der Waals surface area contributed by atoms with E-state index >= 15 is 0 Å². The third kappa shape index (κ3) is 4.46. The molecule has 9 heteroatoms. The zero-order valence-electron chi connectivity index (χ0n) is 14.3. The minimum absolute atomic E-state index is 0.0203. The standard InChI is InChI=1S/C18H15N3O6/c1-2-25-18(22)13-5-9-15(10-6-13)26-11-16-19-20-17(27-16)12-3-7-14(8-4-12)21(23)24/h3-10H,2,11H2,1H3. The lowest BCUT2D eigenvalue weighted by molar-refractivity contribution is -0.384. The average molecular weight is 369 g/mol. The number of carbonyl (C=O) groups is 1. The number of hydrogen-bond acceptors (Lipinski definition) is 8. The number of rotatable bonds is 7. The largest absolute Gasteiger partial charge is 0.484 e. The first kappa shape index (κ1) is 18.1. The number of benzene rings is 2. The summed E-state index contributed by atoms with van der Waals surface area (Å²) in [6.07, 6.45) is 0. The van der Waals surface area contributed by atoms with E-state index in [-0.39, 0.29) is 24.1 Å². The zero-order chi connectivity index (χ0) is 19.2. The summed E-state index contributed by atoms with van der Waals surface area (Å²) in [5.41, 5.74) is 0.980. The van der Waals surface area contributed by atoms with Gasteiger partial charge in [0.15, 0.2) is 6.61 Å². The van der Waals surface area contributed by atoms with E-state index in [0.717, 1.165) is 0 Å². The topological polar surface area (TPSA) is 118 Å². The number of aromatic nitrogens is 2. The number of carbonyl (C=O) groups excluding carboxylic acids is 1. The molecule has 138 valence electrons. The van der Waals surface area contributed by atoms with Crippen LogP contribution >= 0.6 is 0 Å². The second-order valence-corrected chi connectivity index (χ2v) is 5.34. The third-order valence-electron chi connectivity index (χ3n) is 3.52. The summed E-state index contributed by atoms with van der Waals surface area (Å²) in [5.74, 6) is 0.616. The van der Waals surface area contributed by atoms with Gasteiger partial charge in [-0.05, 0) is 43.3 Å². The second kappa shape index (κ2) is 8.09. The molecule has 27 heavy (non-hydrogen) atoms. The van der Waals surface area contributed by atoms with Crippen LogP contribution in [0.1, 0.15) is 23.2 Å². The summed E-state index contributed by atoms with van der Waals surface area (Å²) >= 11 is 0. The fourth-order valence-corrected chi connectivity index (χ4v) is 2.20. The van der Waals surface area contributed by atoms with Gasteiger partial charge in [0.05, 0.1) is 17.1 Å². The van der Waals surface area contributed by atoms with Gasteiger partial charge in [0.1, 0.15) is 5.75 Å². The first-order chi connectivity index (χ1) is 13.1. The van der Waals surface area contributed by atoms with Crippen LogP contribution in [-0.2, 0) is 11.3 Å². The average Bonchev–Trinajstić information content (AvgIpc) is 3.16. The molecule has 0 atom stereocenters. The van der Waals surface area contributed by atoms with Gasteiger partial charge in [-0.3, -0.25) is 10.1 Å². The van der Waals surface area contributed by atoms with E-state index in [1.165, 1.54) is 24.3 Å². The van der Waals surface area contributed by atoms with Crippen LogP contribution in [-0.4, -0.2) is 27.7 Å². The lowest BCUT2D eigenvalue weighted by atomic mass is 10.2. The SMILES string of the molecule is CCOC(=O)c1ccc(OCc2nnc(-c3ccc([N+](=O)[O-])cc3)o2)cc1. The van der Waals surface area contributed by atoms with Crippen LogP contribution in [0, 0.1) is 10.1 Å². The minimum atomic E-state index is -0.482. The van der Waals surface area contributed by atoms with Crippen LogP contribution in [0.5, 0.6) is 5.75 Å². The summed E-state index contributed by atoms with van der Waals surface area (Å²) in [5, 5.41) is 18.5. The first-order valence-electron chi connectivity index (χ1n) is 8.04. The van der Waals surface area contributed by atoms with Gasteiger partial charge in [0, 0.05) is 17.7 Å². The summed E-state index contributed by atoms with van der Waals surface area (Å²) in [6, 6.07) is 12.3. The van der Waals surface area contributed by atoms with Crippen LogP contribution in [0.2, 0.25) is 0 Å². The van der Waals surface area contributed by atoms with E-state index in [1.807, 2.05) is 0 Å². The summed E-state index contributed by atoms with van der Waals surface area (Å²) in [7, 11) is 0. The Morgan fingerprint density at radius 2 is 1.81 bits per heavy atom. The fourth-order valence-electron chi connectivity index (χ4n) is 2.20. The molecule has 0 N–H and O–H groups in total. The molecule has 0 unspecified atom stereocenters. The Bertz CT molecular complexity index is 934. The second-order valence-electron chi connectivity index (χ2n) is 5.34. The van der Waals surface area contributed by atoms with Gasteiger partial charge in [-0.25, -0.2) is 4.79 Å². The van der Waals surface area contributed by atoms with E-state index in [9.17, 15) is 14.9 Å². The summed E-state index contributed by atoms with van der Waals surface area (Å²) < 4.78 is 16.0. The quantitative estimate of drug-likeness (QED) is 0.353. The maximum absolute atomic E-state index is 11.6. The van der Waals surface area contributed by atoms with E-state index < -0.39 is 10.9 Å². The number of nitrogens with zero attached hydrogens (tertiary/aromatic N) is 3. The Hall–Kier alpha value is -3.75. The number of non-ortho nitro benzene ring substituents is 1. The molecule has 0 aliphatic carbocycles. The van der Waals surface area contributed by atoms with Crippen molar-refractivity contribution in [3.63, 3.8) is 0 Å². The van der Waals surface area contributed by atoms with Gasteiger partial charge in [-0.1, -0.05) is 0 Å². The smallest absolute Gasteiger partial charge is 0.338 e. The van der Waals surface area contributed by atoms with E-state index in [1.54, 1.807) is 31.2 Å². The number of ether oxygens (including phenoxy) is 2. The van der Waals surface area contributed by atoms with Crippen molar-refractivity contribution in [2.24, 2.45) is 0 Å². The van der Waals surface area contributed by atoms with E-state index in [4.69, 9.17) is 13.9 Å². The van der Waals surface area contributed by atoms with Crippen molar-refractivity contribution >= 4 is 11.7 Å². The molecule has 0 saturated carbocycles. The molecule has 0 aliphatic rings. The van der Waals surface area contributed by atoms with Crippen LogP contribution in [0.25, 0.3) is 11.5 Å². The predicted octanol–water partition coefficient (Wildman–Crippen LogP) is 3.40. The van der Waals surface area contributed by atoms with Gasteiger partial charge in [0.25, 0.3) is 11.6 Å². The Balaban J connectivity index is 1.61. The minimum Gasteiger partial charge on any atom is -0.484 e. The molecule has 3 aromatic rings. The molecule has 1 heterocycles. The Kier molecular flexibility index (Phi) is 5.41. The lowest BCUT2D eigenvalue weighted by Crippen LogP contribution is -2.04. The molecule has 0 amide bonds. The molecule has 0 saturated heterocycles. The molecule has 0 bridgehead atoms. The number of nitro benzene ring substituents is 1. The maximum Gasteiger partial charge on any atom is 0.338 e. The third-order valence-corrected chi connectivity index (χ3v) is 3.52. The molecule has 3 rings (SSSR count). The van der Waals surface area contributed by atoms with E-state index in [2.05, 4.69) is 10.2 Å². The first-order valence-corrected chi connectivity index (χ1v) is 8.04. The van der Waals surface area contributed by atoms with Crippen molar-refractivity contribution in [1.29, 1.82) is 0 Å². The highest BCUT2D eigenvalue weighted by molar-refractivity contribution is 5.89. The Morgan fingerprint density at radius 3 is 2.44 bits per heavy atom. The van der Waals surface area contributed by atoms with Gasteiger partial charge in [-0.2, -0.15) is 0 Å². The predicted molar refractivity (Wildman–Crippen MR) is 93.1 cm³/mol. The highest BCUT2D eigenvalue weighted by Crippen LogP contribution is 2.22. The Labute approximate surface area is 153 Å². The molecular weight excluding hydrogens is 354 g/mol. The molecule has 0 fully saturated rings. The zero-order valence-corrected chi connectivity index (χ0v) is 14.3. The van der Waals surface area contributed by atoms with Crippen LogP contribution in [0.4, 0.5) is 5.69 Å². The molecule has 9 nitrogen and oxygen atoms in total. The summed E-state index contributed by atoms with van der Waals surface area (Å²) in [6.45, 7) is 2.09. The Morgan fingerprint density at radius 1 is 1.11 bits per heavy atom. The van der Waals surface area contributed by atoms with Crippen LogP contribution < -0.4 is 4.74 Å². The van der Waals surface area contributed by atoms with Crippen molar-refractivity contribution in [3.8, 4) is 17.2 Å². The van der Waals surface area contributed by atoms with E-state index in [0.29, 0.717) is 23.5 Å². The maximum atomic E-state index is 11.6.